The van der Waals surface area contributed by atoms with E-state index in [0.29, 0.717) is 5.92 Å². The monoisotopic (exact) mass is 309 g/mol. The normalized spacial score (nSPS) is 17.1. The second-order valence-electron chi connectivity index (χ2n) is 5.03. The van der Waals surface area contributed by atoms with E-state index >= 15 is 0 Å². The Kier molecular flexibility index (Phi) is 3.01. The molecule has 1 unspecified atom stereocenters. The highest BCUT2D eigenvalue weighted by molar-refractivity contribution is 9.10. The molecule has 1 heterocycles. The molecule has 1 aliphatic rings. The molecule has 0 radical (unpaired) electrons. The molecule has 3 rings (SSSR count). The van der Waals surface area contributed by atoms with Crippen molar-refractivity contribution in [2.75, 3.05) is 7.11 Å². The number of nitrogens with zero attached hydrogens (tertiary/aromatic N) is 3. The lowest BCUT2D eigenvalue weighted by Crippen LogP contribution is -2.10. The molecule has 0 saturated heterocycles. The van der Waals surface area contributed by atoms with Gasteiger partial charge in [0.25, 0.3) is 0 Å². The minimum atomic E-state index is 0.660. The smallest absolute Gasteiger partial charge is 0.156 e. The molecule has 4 nitrogen and oxygen atoms in total. The molecule has 0 amide bonds. The summed E-state index contributed by atoms with van der Waals surface area (Å²) < 4.78 is 8.33. The molecule has 1 atom stereocenters. The molecule has 0 spiro atoms. The Bertz CT molecular complexity index is 577. The highest BCUT2D eigenvalue weighted by atomic mass is 79.9. The first-order chi connectivity index (χ1) is 8.70. The summed E-state index contributed by atoms with van der Waals surface area (Å²) in [7, 11) is 1.66. The van der Waals surface area contributed by atoms with Crippen molar-refractivity contribution in [3.8, 4) is 5.75 Å². The van der Waals surface area contributed by atoms with Crippen molar-refractivity contribution in [2.24, 2.45) is 11.8 Å². The predicted molar refractivity (Wildman–Crippen MR) is 73.7 cm³/mol. The van der Waals surface area contributed by atoms with Gasteiger partial charge in [-0.3, -0.25) is 0 Å². The maximum absolute atomic E-state index is 5.32. The van der Waals surface area contributed by atoms with Crippen molar-refractivity contribution >= 4 is 27.0 Å². The van der Waals surface area contributed by atoms with Gasteiger partial charge in [-0.1, -0.05) is 12.1 Å². The van der Waals surface area contributed by atoms with Crippen LogP contribution in [0, 0.1) is 11.8 Å². The van der Waals surface area contributed by atoms with Gasteiger partial charge in [0.2, 0.25) is 0 Å². The molecular formula is C13H16BrN3O. The van der Waals surface area contributed by atoms with Gasteiger partial charge in [-0.2, -0.15) is 0 Å². The standard InChI is InChI=1S/C13H16BrN3O/c1-8(9-3-4-9)7-17-13-10(14)5-6-11(18-2)12(13)15-16-17/h5-6,8-9H,3-4,7H2,1-2H3. The van der Waals surface area contributed by atoms with Gasteiger partial charge in [-0.15, -0.1) is 5.10 Å². The summed E-state index contributed by atoms with van der Waals surface area (Å²) >= 11 is 3.58. The van der Waals surface area contributed by atoms with Crippen LogP contribution in [0.2, 0.25) is 0 Å². The average molecular weight is 310 g/mol. The summed E-state index contributed by atoms with van der Waals surface area (Å²) in [5.41, 5.74) is 1.86. The molecule has 1 aromatic carbocycles. The average Bonchev–Trinajstić information content (AvgIpc) is 3.13. The Morgan fingerprint density at radius 1 is 1.50 bits per heavy atom. The van der Waals surface area contributed by atoms with Gasteiger partial charge in [-0.25, -0.2) is 4.68 Å². The van der Waals surface area contributed by atoms with E-state index in [9.17, 15) is 0 Å². The Morgan fingerprint density at radius 3 is 2.94 bits per heavy atom. The third kappa shape index (κ3) is 2.00. The molecule has 1 fully saturated rings. The van der Waals surface area contributed by atoms with Crippen molar-refractivity contribution < 1.29 is 4.74 Å². The van der Waals surface area contributed by atoms with Gasteiger partial charge in [0.05, 0.1) is 7.11 Å². The van der Waals surface area contributed by atoms with Crippen LogP contribution in [0.15, 0.2) is 16.6 Å². The Hall–Kier alpha value is -1.10. The fourth-order valence-corrected chi connectivity index (χ4v) is 2.93. The second-order valence-corrected chi connectivity index (χ2v) is 5.89. The molecule has 0 bridgehead atoms. The van der Waals surface area contributed by atoms with Gasteiger partial charge >= 0.3 is 0 Å². The topological polar surface area (TPSA) is 39.9 Å². The predicted octanol–water partition coefficient (Wildman–Crippen LogP) is 3.25. The number of halogens is 1. The first-order valence-corrected chi connectivity index (χ1v) is 7.05. The fourth-order valence-electron chi connectivity index (χ4n) is 2.40. The van der Waals surface area contributed by atoms with Gasteiger partial charge < -0.3 is 4.74 Å². The van der Waals surface area contributed by atoms with E-state index in [0.717, 1.165) is 33.7 Å². The SMILES string of the molecule is COc1ccc(Br)c2c1nnn2CC(C)C1CC1. The number of hydrogen-bond acceptors (Lipinski definition) is 3. The van der Waals surface area contributed by atoms with Crippen LogP contribution in [0.1, 0.15) is 19.8 Å². The van der Waals surface area contributed by atoms with Crippen LogP contribution in [-0.2, 0) is 6.54 Å². The minimum absolute atomic E-state index is 0.660. The fraction of sp³-hybridized carbons (Fsp3) is 0.538. The molecular weight excluding hydrogens is 294 g/mol. The zero-order valence-corrected chi connectivity index (χ0v) is 12.1. The highest BCUT2D eigenvalue weighted by Gasteiger charge is 2.29. The van der Waals surface area contributed by atoms with E-state index in [1.807, 2.05) is 16.8 Å². The molecule has 1 saturated carbocycles. The van der Waals surface area contributed by atoms with Gasteiger partial charge in [0.1, 0.15) is 11.3 Å². The van der Waals surface area contributed by atoms with E-state index in [2.05, 4.69) is 33.2 Å². The van der Waals surface area contributed by atoms with Crippen LogP contribution >= 0.6 is 15.9 Å². The number of ether oxygens (including phenoxy) is 1. The van der Waals surface area contributed by atoms with Crippen LogP contribution in [0.25, 0.3) is 11.0 Å². The lowest BCUT2D eigenvalue weighted by molar-refractivity contribution is 0.407. The van der Waals surface area contributed by atoms with E-state index in [1.54, 1.807) is 7.11 Å². The first-order valence-electron chi connectivity index (χ1n) is 6.26. The summed E-state index contributed by atoms with van der Waals surface area (Å²) in [6.07, 6.45) is 2.72. The number of methoxy groups -OCH3 is 1. The number of benzene rings is 1. The lowest BCUT2D eigenvalue weighted by Gasteiger charge is -2.11. The van der Waals surface area contributed by atoms with Crippen LogP contribution in [0.3, 0.4) is 0 Å². The second kappa shape index (κ2) is 4.53. The number of aromatic nitrogens is 3. The Balaban J connectivity index is 2.01. The molecule has 1 aliphatic carbocycles. The van der Waals surface area contributed by atoms with E-state index in [-0.39, 0.29) is 0 Å². The molecule has 18 heavy (non-hydrogen) atoms. The lowest BCUT2D eigenvalue weighted by atomic mass is 10.1. The number of fused-ring (bicyclic) bond motifs is 1. The summed E-state index contributed by atoms with van der Waals surface area (Å²) in [5, 5.41) is 8.51. The molecule has 96 valence electrons. The summed E-state index contributed by atoms with van der Waals surface area (Å²) in [5.74, 6) is 2.31. The Labute approximate surface area is 114 Å². The molecule has 2 aromatic rings. The first kappa shape index (κ1) is 12.0. The quantitative estimate of drug-likeness (QED) is 0.870. The maximum Gasteiger partial charge on any atom is 0.156 e. The number of rotatable bonds is 4. The highest BCUT2D eigenvalue weighted by Crippen LogP contribution is 2.38. The van der Waals surface area contributed by atoms with Crippen LogP contribution in [0.5, 0.6) is 5.75 Å². The Morgan fingerprint density at radius 2 is 2.28 bits per heavy atom. The largest absolute Gasteiger partial charge is 0.494 e. The van der Waals surface area contributed by atoms with E-state index in [1.165, 1.54) is 12.8 Å². The van der Waals surface area contributed by atoms with Crippen LogP contribution in [0.4, 0.5) is 0 Å². The van der Waals surface area contributed by atoms with Gasteiger partial charge in [-0.05, 0) is 52.7 Å². The van der Waals surface area contributed by atoms with Gasteiger partial charge in [0, 0.05) is 11.0 Å². The van der Waals surface area contributed by atoms with E-state index in [4.69, 9.17) is 4.74 Å². The molecule has 5 heteroatoms. The molecule has 1 aromatic heterocycles. The van der Waals surface area contributed by atoms with Crippen molar-refractivity contribution in [3.05, 3.63) is 16.6 Å². The molecule has 0 aliphatic heterocycles. The summed E-state index contributed by atoms with van der Waals surface area (Å²) in [6.45, 7) is 3.21. The van der Waals surface area contributed by atoms with Crippen molar-refractivity contribution in [3.63, 3.8) is 0 Å². The minimum Gasteiger partial charge on any atom is -0.494 e. The van der Waals surface area contributed by atoms with Gasteiger partial charge in [0.15, 0.2) is 5.52 Å². The zero-order valence-electron chi connectivity index (χ0n) is 10.6. The summed E-state index contributed by atoms with van der Waals surface area (Å²) in [4.78, 5) is 0. The van der Waals surface area contributed by atoms with Crippen LogP contribution < -0.4 is 4.74 Å². The molecule has 0 N–H and O–H groups in total. The van der Waals surface area contributed by atoms with Crippen molar-refractivity contribution in [1.82, 2.24) is 15.0 Å². The maximum atomic E-state index is 5.32. The summed E-state index contributed by atoms with van der Waals surface area (Å²) in [6, 6.07) is 3.90. The van der Waals surface area contributed by atoms with Crippen molar-refractivity contribution in [1.29, 1.82) is 0 Å². The third-order valence-electron chi connectivity index (χ3n) is 3.68. The van der Waals surface area contributed by atoms with E-state index < -0.39 is 0 Å². The number of hydrogen-bond donors (Lipinski definition) is 0. The van der Waals surface area contributed by atoms with Crippen LogP contribution in [-0.4, -0.2) is 22.1 Å². The zero-order chi connectivity index (χ0) is 12.7. The van der Waals surface area contributed by atoms with Crippen molar-refractivity contribution in [2.45, 2.75) is 26.3 Å². The third-order valence-corrected chi connectivity index (χ3v) is 4.32.